The first kappa shape index (κ1) is 16.8. The van der Waals surface area contributed by atoms with Gasteiger partial charge in [0.25, 0.3) is 0 Å². The standard InChI is InChI=1S/C15H28N2O3/c1-11-7-5-6-8-12(11)17-13(18)9-10-16-14(19)20-15(2,3)4/h11-12H,5-10H2,1-4H3,(H,16,19)(H,17,18)/t11-,12-/m1/s1. The maximum atomic E-state index is 11.8. The van der Waals surface area contributed by atoms with E-state index in [1.54, 1.807) is 0 Å². The number of hydrogen-bond donors (Lipinski definition) is 2. The Labute approximate surface area is 121 Å². The van der Waals surface area contributed by atoms with Gasteiger partial charge in [-0.15, -0.1) is 0 Å². The highest BCUT2D eigenvalue weighted by Crippen LogP contribution is 2.23. The van der Waals surface area contributed by atoms with Crippen molar-refractivity contribution in [1.29, 1.82) is 0 Å². The molecule has 0 aromatic carbocycles. The number of ether oxygens (including phenoxy) is 1. The van der Waals surface area contributed by atoms with Gasteiger partial charge in [0.05, 0.1) is 0 Å². The second-order valence-corrected chi connectivity index (χ2v) is 6.61. The SMILES string of the molecule is C[C@@H]1CCCC[C@H]1NC(=O)CCNC(=O)OC(C)(C)C. The number of carbonyl (C=O) groups excluding carboxylic acids is 2. The van der Waals surface area contributed by atoms with Crippen LogP contribution in [0.3, 0.4) is 0 Å². The molecule has 2 N–H and O–H groups in total. The molecule has 5 heteroatoms. The van der Waals surface area contributed by atoms with Gasteiger partial charge in [0.1, 0.15) is 5.60 Å². The van der Waals surface area contributed by atoms with Crippen molar-refractivity contribution in [3.8, 4) is 0 Å². The highest BCUT2D eigenvalue weighted by atomic mass is 16.6. The Morgan fingerprint density at radius 3 is 2.45 bits per heavy atom. The third-order valence-corrected chi connectivity index (χ3v) is 3.48. The summed E-state index contributed by atoms with van der Waals surface area (Å²) in [7, 11) is 0. The van der Waals surface area contributed by atoms with Crippen molar-refractivity contribution in [1.82, 2.24) is 10.6 Å². The van der Waals surface area contributed by atoms with E-state index in [1.165, 1.54) is 19.3 Å². The summed E-state index contributed by atoms with van der Waals surface area (Å²) in [5.41, 5.74) is -0.510. The van der Waals surface area contributed by atoms with Gasteiger partial charge in [0.15, 0.2) is 0 Å². The van der Waals surface area contributed by atoms with Gasteiger partial charge in [-0.05, 0) is 39.5 Å². The van der Waals surface area contributed by atoms with Gasteiger partial charge in [-0.25, -0.2) is 4.79 Å². The summed E-state index contributed by atoms with van der Waals surface area (Å²) >= 11 is 0. The van der Waals surface area contributed by atoms with Crippen molar-refractivity contribution >= 4 is 12.0 Å². The quantitative estimate of drug-likeness (QED) is 0.834. The Balaban J connectivity index is 2.18. The molecule has 0 aromatic heterocycles. The molecule has 0 radical (unpaired) electrons. The number of hydrogen-bond acceptors (Lipinski definition) is 3. The zero-order valence-electron chi connectivity index (χ0n) is 13.1. The monoisotopic (exact) mass is 284 g/mol. The normalized spacial score (nSPS) is 23.0. The van der Waals surface area contributed by atoms with Crippen molar-refractivity contribution in [3.05, 3.63) is 0 Å². The van der Waals surface area contributed by atoms with Crippen LogP contribution in [0.4, 0.5) is 4.79 Å². The molecule has 0 bridgehead atoms. The topological polar surface area (TPSA) is 67.4 Å². The molecule has 0 aliphatic heterocycles. The summed E-state index contributed by atoms with van der Waals surface area (Å²) in [4.78, 5) is 23.2. The summed E-state index contributed by atoms with van der Waals surface area (Å²) < 4.78 is 5.10. The summed E-state index contributed by atoms with van der Waals surface area (Å²) in [6, 6.07) is 0.290. The molecular weight excluding hydrogens is 256 g/mol. The first-order valence-electron chi connectivity index (χ1n) is 7.54. The maximum Gasteiger partial charge on any atom is 0.407 e. The fourth-order valence-electron chi connectivity index (χ4n) is 2.40. The van der Waals surface area contributed by atoms with E-state index in [2.05, 4.69) is 17.6 Å². The minimum Gasteiger partial charge on any atom is -0.444 e. The fourth-order valence-corrected chi connectivity index (χ4v) is 2.40. The van der Waals surface area contributed by atoms with Crippen LogP contribution in [0.1, 0.15) is 59.8 Å². The Morgan fingerprint density at radius 1 is 1.20 bits per heavy atom. The zero-order valence-corrected chi connectivity index (χ0v) is 13.1. The summed E-state index contributed by atoms with van der Waals surface area (Å²) in [5.74, 6) is 0.548. The van der Waals surface area contributed by atoms with Gasteiger partial charge in [0, 0.05) is 19.0 Å². The molecule has 1 rings (SSSR count). The zero-order chi connectivity index (χ0) is 15.2. The third-order valence-electron chi connectivity index (χ3n) is 3.48. The molecule has 0 heterocycles. The number of nitrogens with one attached hydrogen (secondary N) is 2. The Bertz CT molecular complexity index is 337. The number of amides is 2. The molecule has 1 saturated carbocycles. The summed E-state index contributed by atoms with van der Waals surface area (Å²) in [5, 5.41) is 5.66. The lowest BCUT2D eigenvalue weighted by atomic mass is 9.86. The molecule has 0 spiro atoms. The van der Waals surface area contributed by atoms with Crippen LogP contribution in [0.25, 0.3) is 0 Å². The van der Waals surface area contributed by atoms with Gasteiger partial charge in [-0.1, -0.05) is 19.8 Å². The number of rotatable bonds is 4. The molecule has 0 unspecified atom stereocenters. The molecule has 0 aromatic rings. The average molecular weight is 284 g/mol. The fraction of sp³-hybridized carbons (Fsp3) is 0.867. The average Bonchev–Trinajstić information content (AvgIpc) is 2.29. The Kier molecular flexibility index (Phi) is 6.30. The molecule has 1 aliphatic carbocycles. The molecule has 20 heavy (non-hydrogen) atoms. The molecule has 2 amide bonds. The van der Waals surface area contributed by atoms with Crippen molar-refractivity contribution < 1.29 is 14.3 Å². The van der Waals surface area contributed by atoms with Crippen LogP contribution in [0.2, 0.25) is 0 Å². The summed E-state index contributed by atoms with van der Waals surface area (Å²) in [6.07, 6.45) is 4.51. The predicted octanol–water partition coefficient (Wildman–Crippen LogP) is 2.60. The second kappa shape index (κ2) is 7.50. The van der Waals surface area contributed by atoms with Crippen LogP contribution in [0, 0.1) is 5.92 Å². The first-order chi connectivity index (χ1) is 9.28. The van der Waals surface area contributed by atoms with E-state index in [9.17, 15) is 9.59 Å². The van der Waals surface area contributed by atoms with E-state index in [0.29, 0.717) is 18.9 Å². The van der Waals surface area contributed by atoms with E-state index in [0.717, 1.165) is 6.42 Å². The molecule has 1 aliphatic rings. The summed E-state index contributed by atoms with van der Waals surface area (Å²) in [6.45, 7) is 7.92. The Morgan fingerprint density at radius 2 is 1.85 bits per heavy atom. The van der Waals surface area contributed by atoms with Crippen LogP contribution in [-0.4, -0.2) is 30.2 Å². The highest BCUT2D eigenvalue weighted by Gasteiger charge is 2.22. The van der Waals surface area contributed by atoms with E-state index in [-0.39, 0.29) is 11.9 Å². The van der Waals surface area contributed by atoms with Gasteiger partial charge in [0.2, 0.25) is 5.91 Å². The lowest BCUT2D eigenvalue weighted by molar-refractivity contribution is -0.122. The van der Waals surface area contributed by atoms with E-state index >= 15 is 0 Å². The number of alkyl carbamates (subject to hydrolysis) is 1. The maximum absolute atomic E-state index is 11.8. The molecule has 0 saturated heterocycles. The van der Waals surface area contributed by atoms with Gasteiger partial charge in [-0.3, -0.25) is 4.79 Å². The minimum atomic E-state index is -0.510. The van der Waals surface area contributed by atoms with Gasteiger partial charge in [-0.2, -0.15) is 0 Å². The predicted molar refractivity (Wildman–Crippen MR) is 78.4 cm³/mol. The molecule has 116 valence electrons. The first-order valence-corrected chi connectivity index (χ1v) is 7.54. The Hall–Kier alpha value is -1.26. The van der Waals surface area contributed by atoms with Gasteiger partial charge < -0.3 is 15.4 Å². The minimum absolute atomic E-state index is 0.000177. The lowest BCUT2D eigenvalue weighted by Crippen LogP contribution is -2.42. The van der Waals surface area contributed by atoms with Crippen LogP contribution >= 0.6 is 0 Å². The van der Waals surface area contributed by atoms with Crippen LogP contribution in [-0.2, 0) is 9.53 Å². The second-order valence-electron chi connectivity index (χ2n) is 6.61. The third kappa shape index (κ3) is 6.78. The van der Waals surface area contributed by atoms with Crippen molar-refractivity contribution in [2.45, 2.75) is 71.4 Å². The van der Waals surface area contributed by atoms with Crippen LogP contribution < -0.4 is 10.6 Å². The van der Waals surface area contributed by atoms with Crippen molar-refractivity contribution in [3.63, 3.8) is 0 Å². The van der Waals surface area contributed by atoms with Crippen LogP contribution in [0.15, 0.2) is 0 Å². The van der Waals surface area contributed by atoms with Gasteiger partial charge >= 0.3 is 6.09 Å². The van der Waals surface area contributed by atoms with E-state index in [1.807, 2.05) is 20.8 Å². The molecule has 2 atom stereocenters. The van der Waals surface area contributed by atoms with E-state index < -0.39 is 11.7 Å². The molecular formula is C15H28N2O3. The van der Waals surface area contributed by atoms with Crippen LogP contribution in [0.5, 0.6) is 0 Å². The lowest BCUT2D eigenvalue weighted by Gasteiger charge is -2.29. The smallest absolute Gasteiger partial charge is 0.407 e. The molecule has 1 fully saturated rings. The van der Waals surface area contributed by atoms with E-state index in [4.69, 9.17) is 4.74 Å². The molecule has 5 nitrogen and oxygen atoms in total. The van der Waals surface area contributed by atoms with Crippen molar-refractivity contribution in [2.75, 3.05) is 6.54 Å². The highest BCUT2D eigenvalue weighted by molar-refractivity contribution is 5.77. The van der Waals surface area contributed by atoms with Crippen molar-refractivity contribution in [2.24, 2.45) is 5.92 Å². The largest absolute Gasteiger partial charge is 0.444 e. The number of carbonyl (C=O) groups is 2.